The van der Waals surface area contributed by atoms with Crippen LogP contribution in [0.1, 0.15) is 47.0 Å². The van der Waals surface area contributed by atoms with Gasteiger partial charge in [0.2, 0.25) is 0 Å². The molecule has 0 aromatic rings. The number of rotatable bonds is 5. The van der Waals surface area contributed by atoms with E-state index < -0.39 is 0 Å². The second-order valence-corrected chi connectivity index (χ2v) is 8.88. The van der Waals surface area contributed by atoms with Gasteiger partial charge >= 0.3 is 0 Å². The van der Waals surface area contributed by atoms with Gasteiger partial charge < -0.3 is 10.2 Å². The van der Waals surface area contributed by atoms with E-state index in [1.807, 2.05) is 11.8 Å². The number of nitrogens with zero attached hydrogens (tertiary/aromatic N) is 1. The molecule has 112 valence electrons. The average Bonchev–Trinajstić information content (AvgIpc) is 2.35. The van der Waals surface area contributed by atoms with Gasteiger partial charge in [0.25, 0.3) is 0 Å². The van der Waals surface area contributed by atoms with Crippen LogP contribution in [0.4, 0.5) is 0 Å². The first kappa shape index (κ1) is 15.7. The number of hydrogen-bond acceptors (Lipinski definition) is 3. The molecule has 2 nitrogen and oxygen atoms in total. The normalized spacial score (nSPS) is 32.8. The van der Waals surface area contributed by atoms with Crippen LogP contribution in [0.5, 0.6) is 0 Å². The number of likely N-dealkylation sites (tertiary alicyclic amines) is 1. The van der Waals surface area contributed by atoms with Crippen LogP contribution in [0, 0.1) is 11.8 Å². The van der Waals surface area contributed by atoms with E-state index >= 15 is 0 Å². The molecule has 1 heterocycles. The van der Waals surface area contributed by atoms with Crippen LogP contribution in [0.2, 0.25) is 0 Å². The van der Waals surface area contributed by atoms with Gasteiger partial charge in [0, 0.05) is 36.5 Å². The van der Waals surface area contributed by atoms with Crippen molar-refractivity contribution < 1.29 is 0 Å². The van der Waals surface area contributed by atoms with Crippen molar-refractivity contribution in [2.45, 2.75) is 63.8 Å². The lowest BCUT2D eigenvalue weighted by molar-refractivity contribution is 0.0292. The maximum absolute atomic E-state index is 3.93. The number of thioether (sulfide) groups is 1. The van der Waals surface area contributed by atoms with Crippen LogP contribution in [0.25, 0.3) is 0 Å². The molecule has 1 saturated heterocycles. The van der Waals surface area contributed by atoms with Crippen LogP contribution in [-0.2, 0) is 0 Å². The summed E-state index contributed by atoms with van der Waals surface area (Å²) < 4.78 is 0.365. The molecule has 1 aliphatic heterocycles. The van der Waals surface area contributed by atoms with E-state index in [9.17, 15) is 0 Å². The van der Waals surface area contributed by atoms with Crippen molar-refractivity contribution in [2.75, 3.05) is 25.9 Å². The Balaban J connectivity index is 1.94. The second kappa shape index (κ2) is 6.36. The predicted molar refractivity (Wildman–Crippen MR) is 86.9 cm³/mol. The lowest BCUT2D eigenvalue weighted by atomic mass is 9.73. The molecule has 0 amide bonds. The quantitative estimate of drug-likeness (QED) is 0.834. The van der Waals surface area contributed by atoms with Gasteiger partial charge in [0.1, 0.15) is 0 Å². The van der Waals surface area contributed by atoms with Crippen LogP contribution in [0.3, 0.4) is 0 Å². The first-order valence-corrected chi connectivity index (χ1v) is 9.18. The van der Waals surface area contributed by atoms with Crippen molar-refractivity contribution >= 4 is 11.8 Å². The summed E-state index contributed by atoms with van der Waals surface area (Å²) in [7, 11) is 0. The first-order chi connectivity index (χ1) is 8.93. The van der Waals surface area contributed by atoms with Crippen LogP contribution < -0.4 is 5.32 Å². The summed E-state index contributed by atoms with van der Waals surface area (Å²) in [5.74, 6) is 1.76. The van der Waals surface area contributed by atoms with Crippen molar-refractivity contribution in [1.82, 2.24) is 10.2 Å². The van der Waals surface area contributed by atoms with Gasteiger partial charge in [-0.2, -0.15) is 11.8 Å². The Hall–Kier alpha value is 0.270. The number of nitrogens with one attached hydrogen (secondary N) is 1. The molecule has 0 radical (unpaired) electrons. The molecular formula is C16H32N2S. The van der Waals surface area contributed by atoms with Crippen LogP contribution in [-0.4, -0.2) is 47.6 Å². The van der Waals surface area contributed by atoms with Gasteiger partial charge in [-0.25, -0.2) is 0 Å². The molecule has 2 unspecified atom stereocenters. The molecule has 2 atom stereocenters. The molecular weight excluding hydrogens is 252 g/mol. The fraction of sp³-hybridized carbons (Fsp3) is 1.00. The summed E-state index contributed by atoms with van der Waals surface area (Å²) in [6.07, 6.45) is 6.53. The molecule has 2 fully saturated rings. The van der Waals surface area contributed by atoms with Crippen LogP contribution >= 0.6 is 11.8 Å². The van der Waals surface area contributed by atoms with Gasteiger partial charge in [0.05, 0.1) is 0 Å². The Morgan fingerprint density at radius 3 is 2.26 bits per heavy atom. The molecule has 0 aromatic heterocycles. The van der Waals surface area contributed by atoms with Gasteiger partial charge in [-0.1, -0.05) is 6.42 Å². The Bertz CT molecular complexity index is 276. The largest absolute Gasteiger partial charge is 0.312 e. The molecule has 2 aliphatic rings. The van der Waals surface area contributed by atoms with Crippen molar-refractivity contribution in [3.8, 4) is 0 Å². The van der Waals surface area contributed by atoms with E-state index in [0.29, 0.717) is 10.8 Å². The molecule has 3 heteroatoms. The van der Waals surface area contributed by atoms with Crippen LogP contribution in [0.15, 0.2) is 0 Å². The van der Waals surface area contributed by atoms with E-state index in [0.717, 1.165) is 24.4 Å². The molecule has 0 spiro atoms. The highest BCUT2D eigenvalue weighted by Crippen LogP contribution is 2.36. The molecule has 19 heavy (non-hydrogen) atoms. The summed E-state index contributed by atoms with van der Waals surface area (Å²) in [6.45, 7) is 13.2. The van der Waals surface area contributed by atoms with Crippen molar-refractivity contribution in [1.29, 1.82) is 0 Å². The van der Waals surface area contributed by atoms with Gasteiger partial charge in [-0.05, 0) is 58.6 Å². The average molecular weight is 285 g/mol. The van der Waals surface area contributed by atoms with Crippen molar-refractivity contribution in [3.05, 3.63) is 0 Å². The van der Waals surface area contributed by atoms with E-state index in [2.05, 4.69) is 44.2 Å². The smallest absolute Gasteiger partial charge is 0.0225 e. The Labute approximate surface area is 124 Å². The fourth-order valence-corrected chi connectivity index (χ4v) is 3.89. The minimum Gasteiger partial charge on any atom is -0.312 e. The van der Waals surface area contributed by atoms with Crippen molar-refractivity contribution in [2.24, 2.45) is 11.8 Å². The minimum absolute atomic E-state index is 0.365. The Kier molecular flexibility index (Phi) is 5.24. The summed E-state index contributed by atoms with van der Waals surface area (Å²) >= 11 is 1.98. The van der Waals surface area contributed by atoms with Gasteiger partial charge in [-0.3, -0.25) is 0 Å². The Morgan fingerprint density at radius 1 is 1.21 bits per heavy atom. The zero-order valence-corrected chi connectivity index (χ0v) is 14.2. The molecule has 0 aromatic carbocycles. The van der Waals surface area contributed by atoms with Crippen molar-refractivity contribution in [3.63, 3.8) is 0 Å². The predicted octanol–water partition coefficient (Wildman–Crippen LogP) is 3.23. The zero-order chi connectivity index (χ0) is 14.0. The fourth-order valence-electron chi connectivity index (χ4n) is 3.66. The van der Waals surface area contributed by atoms with E-state index in [1.165, 1.54) is 32.4 Å². The van der Waals surface area contributed by atoms with Gasteiger partial charge in [-0.15, -0.1) is 0 Å². The molecule has 1 aliphatic carbocycles. The Morgan fingerprint density at radius 2 is 1.79 bits per heavy atom. The summed E-state index contributed by atoms with van der Waals surface area (Å²) in [4.78, 5) is 2.70. The van der Waals surface area contributed by atoms with Gasteiger partial charge in [0.15, 0.2) is 0 Å². The minimum atomic E-state index is 0.365. The summed E-state index contributed by atoms with van der Waals surface area (Å²) in [5.41, 5.74) is 0. The summed E-state index contributed by atoms with van der Waals surface area (Å²) in [5, 5.41) is 3.93. The van der Waals surface area contributed by atoms with E-state index in [4.69, 9.17) is 0 Å². The van der Waals surface area contributed by atoms with E-state index in [1.54, 1.807) is 0 Å². The topological polar surface area (TPSA) is 15.3 Å². The third-order valence-electron chi connectivity index (χ3n) is 5.15. The highest BCUT2D eigenvalue weighted by molar-refractivity contribution is 7.99. The first-order valence-electron chi connectivity index (χ1n) is 7.95. The zero-order valence-electron chi connectivity index (χ0n) is 13.4. The maximum Gasteiger partial charge on any atom is 0.0225 e. The lowest BCUT2D eigenvalue weighted by Crippen LogP contribution is -2.59. The molecule has 1 N–H and O–H groups in total. The van der Waals surface area contributed by atoms with E-state index in [-0.39, 0.29) is 0 Å². The molecule has 1 saturated carbocycles. The SMILES string of the molecule is CSC(C)(C)CNC1C2CCCC1CN(C(C)C)C2. The third-order valence-corrected chi connectivity index (χ3v) is 6.40. The summed E-state index contributed by atoms with van der Waals surface area (Å²) in [6, 6.07) is 1.49. The number of hydrogen-bond donors (Lipinski definition) is 1. The number of piperidine rings is 1. The number of fused-ring (bicyclic) bond motifs is 2. The monoisotopic (exact) mass is 284 g/mol. The highest BCUT2D eigenvalue weighted by Gasteiger charge is 2.40. The molecule has 2 bridgehead atoms. The second-order valence-electron chi connectivity index (χ2n) is 7.37. The molecule has 2 rings (SSSR count). The lowest BCUT2D eigenvalue weighted by Gasteiger charge is -2.49. The standard InChI is InChI=1S/C16H32N2S/c1-12(2)18-9-13-7-6-8-14(10-18)15(13)17-11-16(3,4)19-5/h12-15,17H,6-11H2,1-5H3. The highest BCUT2D eigenvalue weighted by atomic mass is 32.2. The third kappa shape index (κ3) is 3.89. The maximum atomic E-state index is 3.93.